The van der Waals surface area contributed by atoms with Gasteiger partial charge in [0.1, 0.15) is 11.3 Å². The van der Waals surface area contributed by atoms with Gasteiger partial charge < -0.3 is 20.5 Å². The highest BCUT2D eigenvalue weighted by atomic mass is 35.5. The molecule has 0 atom stereocenters. The van der Waals surface area contributed by atoms with Crippen LogP contribution in [-0.2, 0) is 11.3 Å². The summed E-state index contributed by atoms with van der Waals surface area (Å²) in [6, 6.07) is 12.3. The molecule has 0 spiro atoms. The lowest BCUT2D eigenvalue weighted by atomic mass is 10.1. The maximum Gasteiger partial charge on any atom is 0.341 e. The molecular weight excluding hydrogens is 380 g/mol. The van der Waals surface area contributed by atoms with Crippen molar-refractivity contribution in [1.82, 2.24) is 9.97 Å². The van der Waals surface area contributed by atoms with Crippen molar-refractivity contribution >= 4 is 29.2 Å². The predicted octanol–water partition coefficient (Wildman–Crippen LogP) is 3.79. The summed E-state index contributed by atoms with van der Waals surface area (Å²) in [6.45, 7) is 0.305. The van der Waals surface area contributed by atoms with Crippen molar-refractivity contribution in [3.05, 3.63) is 64.8 Å². The van der Waals surface area contributed by atoms with Gasteiger partial charge in [-0.3, -0.25) is 0 Å². The molecule has 28 heavy (non-hydrogen) atoms. The number of hydrogen-bond acceptors (Lipinski definition) is 7. The van der Waals surface area contributed by atoms with E-state index in [1.807, 2.05) is 12.1 Å². The van der Waals surface area contributed by atoms with Crippen LogP contribution in [0, 0.1) is 0 Å². The third-order valence-electron chi connectivity index (χ3n) is 4.07. The molecule has 0 aliphatic carbocycles. The van der Waals surface area contributed by atoms with Gasteiger partial charge in [0, 0.05) is 40.6 Å². The monoisotopic (exact) mass is 398 g/mol. The molecule has 0 bridgehead atoms. The van der Waals surface area contributed by atoms with E-state index in [1.54, 1.807) is 36.5 Å². The number of methoxy groups -OCH3 is 2. The van der Waals surface area contributed by atoms with Crippen LogP contribution >= 0.6 is 11.6 Å². The van der Waals surface area contributed by atoms with Crippen LogP contribution in [0.5, 0.6) is 5.75 Å². The molecule has 0 aliphatic heterocycles. The molecule has 1 heterocycles. The molecule has 0 saturated carbocycles. The third-order valence-corrected chi connectivity index (χ3v) is 4.32. The lowest BCUT2D eigenvalue weighted by Gasteiger charge is -2.12. The zero-order chi connectivity index (χ0) is 20.1. The number of ether oxygens (including phenoxy) is 2. The van der Waals surface area contributed by atoms with Crippen molar-refractivity contribution < 1.29 is 14.3 Å². The molecule has 8 heteroatoms. The molecule has 0 aliphatic rings. The fourth-order valence-electron chi connectivity index (χ4n) is 2.65. The van der Waals surface area contributed by atoms with Gasteiger partial charge in [0.05, 0.1) is 19.9 Å². The summed E-state index contributed by atoms with van der Waals surface area (Å²) < 4.78 is 10.0. The largest absolute Gasteiger partial charge is 0.496 e. The van der Waals surface area contributed by atoms with Crippen LogP contribution in [-0.4, -0.2) is 30.2 Å². The van der Waals surface area contributed by atoms with Gasteiger partial charge in [-0.15, -0.1) is 0 Å². The highest BCUT2D eigenvalue weighted by Crippen LogP contribution is 2.27. The van der Waals surface area contributed by atoms with Crippen molar-refractivity contribution in [3.8, 4) is 17.0 Å². The first kappa shape index (κ1) is 19.6. The van der Waals surface area contributed by atoms with E-state index in [0.717, 1.165) is 16.8 Å². The smallest absolute Gasteiger partial charge is 0.341 e. The molecule has 3 rings (SSSR count). The molecule has 3 N–H and O–H groups in total. The second-order valence-corrected chi connectivity index (χ2v) is 6.25. The Morgan fingerprint density at radius 1 is 1.18 bits per heavy atom. The highest BCUT2D eigenvalue weighted by Gasteiger charge is 2.14. The van der Waals surface area contributed by atoms with Crippen LogP contribution in [0.2, 0.25) is 5.02 Å². The lowest BCUT2D eigenvalue weighted by molar-refractivity contribution is 0.0597. The lowest BCUT2D eigenvalue weighted by Crippen LogP contribution is -2.07. The van der Waals surface area contributed by atoms with Crippen LogP contribution < -0.4 is 15.8 Å². The van der Waals surface area contributed by atoms with E-state index in [1.165, 1.54) is 14.2 Å². The van der Waals surface area contributed by atoms with E-state index in [2.05, 4.69) is 15.3 Å². The van der Waals surface area contributed by atoms with Crippen molar-refractivity contribution in [1.29, 1.82) is 0 Å². The van der Waals surface area contributed by atoms with Crippen molar-refractivity contribution in [2.45, 2.75) is 6.54 Å². The van der Waals surface area contributed by atoms with Gasteiger partial charge in [-0.25, -0.2) is 14.8 Å². The van der Waals surface area contributed by atoms with Crippen molar-refractivity contribution in [2.75, 3.05) is 19.5 Å². The van der Waals surface area contributed by atoms with Crippen LogP contribution in [0.15, 0.2) is 48.7 Å². The molecule has 144 valence electrons. The van der Waals surface area contributed by atoms with E-state index in [4.69, 9.17) is 26.8 Å². The number of nitrogens with zero attached hydrogens (tertiary/aromatic N) is 2. The summed E-state index contributed by atoms with van der Waals surface area (Å²) in [5, 5.41) is 3.76. The fourth-order valence-corrected chi connectivity index (χ4v) is 2.78. The summed E-state index contributed by atoms with van der Waals surface area (Å²) in [5.41, 5.74) is 9.23. The Morgan fingerprint density at radius 2 is 1.93 bits per heavy atom. The number of hydrogen-bond donors (Lipinski definition) is 2. The Morgan fingerprint density at radius 3 is 2.57 bits per heavy atom. The third kappa shape index (κ3) is 4.21. The van der Waals surface area contributed by atoms with E-state index in [-0.39, 0.29) is 0 Å². The van der Waals surface area contributed by atoms with Gasteiger partial charge in [-0.1, -0.05) is 23.7 Å². The topological polar surface area (TPSA) is 99.4 Å². The number of halogens is 1. The summed E-state index contributed by atoms with van der Waals surface area (Å²) in [4.78, 5) is 20.7. The number of carbonyl (C=O) groups excluding carboxylic acids is 1. The summed E-state index contributed by atoms with van der Waals surface area (Å²) in [5.74, 6) is 0.292. The summed E-state index contributed by atoms with van der Waals surface area (Å²) >= 11 is 5.97. The first-order valence-electron chi connectivity index (χ1n) is 8.41. The zero-order valence-corrected chi connectivity index (χ0v) is 16.2. The number of anilines is 2. The number of esters is 1. The molecular formula is C20H19ClN4O3. The standard InChI is InChI=1S/C20H19ClN4O3/c1-27-17-9-15(7-8-16(17)19(26)28-2)24-20-23-11-13(10-22)18(25-20)12-3-5-14(21)6-4-12/h3-9,11H,10,22H2,1-2H3,(H,23,24,25). The number of carbonyl (C=O) groups is 1. The highest BCUT2D eigenvalue weighted by molar-refractivity contribution is 6.30. The van der Waals surface area contributed by atoms with Crippen LogP contribution in [0.3, 0.4) is 0 Å². The first-order valence-corrected chi connectivity index (χ1v) is 8.78. The Kier molecular flexibility index (Phi) is 6.08. The van der Waals surface area contributed by atoms with Crippen LogP contribution in [0.25, 0.3) is 11.3 Å². The van der Waals surface area contributed by atoms with E-state index < -0.39 is 5.97 Å². The van der Waals surface area contributed by atoms with Gasteiger partial charge in [0.25, 0.3) is 0 Å². The quantitative estimate of drug-likeness (QED) is 0.609. The average Bonchev–Trinajstić information content (AvgIpc) is 2.73. The maximum atomic E-state index is 11.8. The molecule has 0 radical (unpaired) electrons. The second-order valence-electron chi connectivity index (χ2n) is 5.81. The molecule has 1 aromatic heterocycles. The minimum Gasteiger partial charge on any atom is -0.496 e. The van der Waals surface area contributed by atoms with E-state index >= 15 is 0 Å². The molecule has 2 aromatic carbocycles. The minimum atomic E-state index is -0.475. The molecule has 0 unspecified atom stereocenters. The van der Waals surface area contributed by atoms with Gasteiger partial charge >= 0.3 is 5.97 Å². The van der Waals surface area contributed by atoms with Gasteiger partial charge in [-0.2, -0.15) is 0 Å². The van der Waals surface area contributed by atoms with Gasteiger partial charge in [-0.05, 0) is 24.3 Å². The average molecular weight is 399 g/mol. The predicted molar refractivity (Wildman–Crippen MR) is 108 cm³/mol. The Balaban J connectivity index is 1.93. The molecule has 3 aromatic rings. The van der Waals surface area contributed by atoms with Crippen LogP contribution in [0.4, 0.5) is 11.6 Å². The number of benzene rings is 2. The van der Waals surface area contributed by atoms with E-state index in [0.29, 0.717) is 34.5 Å². The summed E-state index contributed by atoms with van der Waals surface area (Å²) in [6.07, 6.45) is 1.68. The normalized spacial score (nSPS) is 10.4. The Bertz CT molecular complexity index is 993. The fraction of sp³-hybridized carbons (Fsp3) is 0.150. The second kappa shape index (κ2) is 8.69. The Hall–Kier alpha value is -3.16. The zero-order valence-electron chi connectivity index (χ0n) is 15.4. The SMILES string of the molecule is COC(=O)c1ccc(Nc2ncc(CN)c(-c3ccc(Cl)cc3)n2)cc1OC. The van der Waals surface area contributed by atoms with Gasteiger partial charge in [0.15, 0.2) is 0 Å². The van der Waals surface area contributed by atoms with Crippen LogP contribution in [0.1, 0.15) is 15.9 Å². The molecule has 7 nitrogen and oxygen atoms in total. The molecule has 0 saturated heterocycles. The van der Waals surface area contributed by atoms with Crippen molar-refractivity contribution in [3.63, 3.8) is 0 Å². The Labute approximate surface area is 167 Å². The van der Waals surface area contributed by atoms with E-state index in [9.17, 15) is 4.79 Å². The van der Waals surface area contributed by atoms with Gasteiger partial charge in [0.2, 0.25) is 5.95 Å². The summed E-state index contributed by atoms with van der Waals surface area (Å²) in [7, 11) is 2.80. The molecule has 0 fully saturated rings. The minimum absolute atomic E-state index is 0.305. The first-order chi connectivity index (χ1) is 13.5. The number of nitrogens with two attached hydrogens (primary N) is 1. The number of rotatable bonds is 6. The molecule has 0 amide bonds. The van der Waals surface area contributed by atoms with Crippen molar-refractivity contribution in [2.24, 2.45) is 5.73 Å². The number of aromatic nitrogens is 2. The number of nitrogens with one attached hydrogen (secondary N) is 1. The maximum absolute atomic E-state index is 11.8.